The Morgan fingerprint density at radius 2 is 2.20 bits per heavy atom. The van der Waals surface area contributed by atoms with Gasteiger partial charge in [0, 0.05) is 17.5 Å². The van der Waals surface area contributed by atoms with Crippen molar-refractivity contribution in [2.24, 2.45) is 5.92 Å². The zero-order chi connectivity index (χ0) is 13.9. The molecule has 2 fully saturated rings. The SMILES string of the molecule is CC1(C)Oc2c(O)cccc2[C@H]2O[C@H]3CCN[C@@H]3C[C@@H]21. The van der Waals surface area contributed by atoms with Crippen molar-refractivity contribution < 1.29 is 14.6 Å². The van der Waals surface area contributed by atoms with E-state index in [1.807, 2.05) is 12.1 Å². The number of ether oxygens (including phenoxy) is 2. The van der Waals surface area contributed by atoms with Crippen LogP contribution in [0.15, 0.2) is 18.2 Å². The highest BCUT2D eigenvalue weighted by atomic mass is 16.5. The van der Waals surface area contributed by atoms with Crippen LogP contribution in [0.5, 0.6) is 11.5 Å². The van der Waals surface area contributed by atoms with Crippen molar-refractivity contribution >= 4 is 0 Å². The van der Waals surface area contributed by atoms with Crippen LogP contribution in [-0.2, 0) is 4.74 Å². The molecule has 4 nitrogen and oxygen atoms in total. The van der Waals surface area contributed by atoms with Gasteiger partial charge in [-0.05, 0) is 39.3 Å². The lowest BCUT2D eigenvalue weighted by Gasteiger charge is -2.49. The van der Waals surface area contributed by atoms with E-state index in [2.05, 4.69) is 19.2 Å². The first-order valence-electron chi connectivity index (χ1n) is 7.46. The molecule has 0 amide bonds. The van der Waals surface area contributed by atoms with Gasteiger partial charge in [-0.2, -0.15) is 0 Å². The zero-order valence-electron chi connectivity index (χ0n) is 11.9. The summed E-state index contributed by atoms with van der Waals surface area (Å²) in [5, 5.41) is 13.6. The maximum atomic E-state index is 10.1. The van der Waals surface area contributed by atoms with Gasteiger partial charge in [0.15, 0.2) is 11.5 Å². The van der Waals surface area contributed by atoms with Crippen molar-refractivity contribution in [1.82, 2.24) is 5.32 Å². The average molecular weight is 275 g/mol. The summed E-state index contributed by atoms with van der Waals surface area (Å²) in [5.74, 6) is 1.12. The molecule has 0 aliphatic carbocycles. The summed E-state index contributed by atoms with van der Waals surface area (Å²) in [6.07, 6.45) is 2.46. The van der Waals surface area contributed by atoms with Crippen LogP contribution in [-0.4, -0.2) is 29.4 Å². The Bertz CT molecular complexity index is 543. The third-order valence-electron chi connectivity index (χ3n) is 5.07. The fraction of sp³-hybridized carbons (Fsp3) is 0.625. The van der Waals surface area contributed by atoms with Crippen molar-refractivity contribution in [3.8, 4) is 11.5 Å². The third-order valence-corrected chi connectivity index (χ3v) is 5.07. The predicted octanol–water partition coefficient (Wildman–Crippen LogP) is 2.37. The smallest absolute Gasteiger partial charge is 0.167 e. The molecule has 3 heterocycles. The van der Waals surface area contributed by atoms with E-state index >= 15 is 0 Å². The highest BCUT2D eigenvalue weighted by molar-refractivity contribution is 5.49. The van der Waals surface area contributed by atoms with Crippen LogP contribution in [0.4, 0.5) is 0 Å². The van der Waals surface area contributed by atoms with Gasteiger partial charge in [-0.15, -0.1) is 0 Å². The largest absolute Gasteiger partial charge is 0.504 e. The monoisotopic (exact) mass is 275 g/mol. The first kappa shape index (κ1) is 12.5. The molecule has 0 aromatic heterocycles. The Hall–Kier alpha value is -1.26. The maximum Gasteiger partial charge on any atom is 0.167 e. The molecule has 2 saturated heterocycles. The maximum absolute atomic E-state index is 10.1. The quantitative estimate of drug-likeness (QED) is 0.763. The third kappa shape index (κ3) is 1.68. The second kappa shape index (κ2) is 4.12. The summed E-state index contributed by atoms with van der Waals surface area (Å²) in [7, 11) is 0. The molecule has 108 valence electrons. The number of aromatic hydroxyl groups is 1. The van der Waals surface area contributed by atoms with Gasteiger partial charge in [0.05, 0.1) is 12.2 Å². The first-order valence-corrected chi connectivity index (χ1v) is 7.46. The highest BCUT2D eigenvalue weighted by Gasteiger charge is 2.51. The van der Waals surface area contributed by atoms with Gasteiger partial charge >= 0.3 is 0 Å². The Morgan fingerprint density at radius 3 is 3.05 bits per heavy atom. The van der Waals surface area contributed by atoms with E-state index in [4.69, 9.17) is 9.47 Å². The molecule has 4 rings (SSSR count). The number of rotatable bonds is 0. The molecular weight excluding hydrogens is 254 g/mol. The van der Waals surface area contributed by atoms with E-state index in [0.717, 1.165) is 24.9 Å². The summed E-state index contributed by atoms with van der Waals surface area (Å²) >= 11 is 0. The molecule has 3 aliphatic rings. The molecule has 0 unspecified atom stereocenters. The number of hydrogen-bond donors (Lipinski definition) is 2. The van der Waals surface area contributed by atoms with E-state index < -0.39 is 0 Å². The van der Waals surface area contributed by atoms with Crippen LogP contribution in [0, 0.1) is 5.92 Å². The minimum atomic E-state index is -0.328. The van der Waals surface area contributed by atoms with Gasteiger partial charge in [-0.25, -0.2) is 0 Å². The fourth-order valence-corrected chi connectivity index (χ4v) is 3.98. The number of phenols is 1. The summed E-state index contributed by atoms with van der Waals surface area (Å²) < 4.78 is 12.5. The molecule has 4 heteroatoms. The number of fused-ring (bicyclic) bond motifs is 4. The molecule has 0 bridgehead atoms. The Labute approximate surface area is 119 Å². The van der Waals surface area contributed by atoms with Gasteiger partial charge in [0.25, 0.3) is 0 Å². The number of para-hydroxylation sites is 1. The van der Waals surface area contributed by atoms with Crippen LogP contribution in [0.2, 0.25) is 0 Å². The topological polar surface area (TPSA) is 50.7 Å². The van der Waals surface area contributed by atoms with Crippen molar-refractivity contribution in [1.29, 1.82) is 0 Å². The number of benzene rings is 1. The van der Waals surface area contributed by atoms with Gasteiger partial charge < -0.3 is 19.9 Å². The Balaban J connectivity index is 1.79. The molecule has 2 N–H and O–H groups in total. The summed E-state index contributed by atoms with van der Waals surface area (Å²) in [4.78, 5) is 0. The van der Waals surface area contributed by atoms with Crippen LogP contribution in [0.25, 0.3) is 0 Å². The van der Waals surface area contributed by atoms with Crippen LogP contribution < -0.4 is 10.1 Å². The zero-order valence-corrected chi connectivity index (χ0v) is 11.9. The van der Waals surface area contributed by atoms with Crippen molar-refractivity contribution in [3.05, 3.63) is 23.8 Å². The average Bonchev–Trinajstić information content (AvgIpc) is 2.86. The van der Waals surface area contributed by atoms with Crippen LogP contribution in [0.1, 0.15) is 38.4 Å². The van der Waals surface area contributed by atoms with Crippen molar-refractivity contribution in [2.75, 3.05) is 6.54 Å². The van der Waals surface area contributed by atoms with Gasteiger partial charge in [0.1, 0.15) is 5.60 Å². The predicted molar refractivity (Wildman–Crippen MR) is 74.9 cm³/mol. The molecule has 0 spiro atoms. The molecule has 0 radical (unpaired) electrons. The molecule has 20 heavy (non-hydrogen) atoms. The standard InChI is InChI=1S/C16H21NO3/c1-16(2)10-8-11-13(6-7-17-11)19-14(10)9-4-3-5-12(18)15(9)20-16/h3-5,10-11,13-14,17-18H,6-8H2,1-2H3/t10-,11+,13-,14+/m0/s1. The van der Waals surface area contributed by atoms with Gasteiger partial charge in [0.2, 0.25) is 0 Å². The lowest BCUT2D eigenvalue weighted by Crippen LogP contribution is -2.53. The van der Waals surface area contributed by atoms with E-state index in [9.17, 15) is 5.11 Å². The number of phenolic OH excluding ortho intramolecular Hbond substituents is 1. The molecule has 4 atom stereocenters. The lowest BCUT2D eigenvalue weighted by molar-refractivity contribution is -0.153. The molecule has 1 aromatic rings. The molecule has 3 aliphatic heterocycles. The summed E-state index contributed by atoms with van der Waals surface area (Å²) in [5.41, 5.74) is 0.672. The van der Waals surface area contributed by atoms with E-state index in [1.165, 1.54) is 0 Å². The Kier molecular flexibility index (Phi) is 2.57. The summed E-state index contributed by atoms with van der Waals surface area (Å²) in [6.45, 7) is 5.22. The molecule has 1 aromatic carbocycles. The van der Waals surface area contributed by atoms with E-state index in [0.29, 0.717) is 23.8 Å². The molecule has 0 saturated carbocycles. The number of nitrogens with one attached hydrogen (secondary N) is 1. The first-order chi connectivity index (χ1) is 9.56. The Morgan fingerprint density at radius 1 is 1.35 bits per heavy atom. The lowest BCUT2D eigenvalue weighted by atomic mass is 9.74. The summed E-state index contributed by atoms with van der Waals surface area (Å²) in [6, 6.07) is 6.01. The minimum absolute atomic E-state index is 0.0296. The van der Waals surface area contributed by atoms with Crippen LogP contribution >= 0.6 is 0 Å². The van der Waals surface area contributed by atoms with Crippen molar-refractivity contribution in [3.63, 3.8) is 0 Å². The molecular formula is C16H21NO3. The fourth-order valence-electron chi connectivity index (χ4n) is 3.98. The van der Waals surface area contributed by atoms with E-state index in [1.54, 1.807) is 6.07 Å². The minimum Gasteiger partial charge on any atom is -0.504 e. The van der Waals surface area contributed by atoms with E-state index in [-0.39, 0.29) is 17.5 Å². The van der Waals surface area contributed by atoms with Gasteiger partial charge in [-0.3, -0.25) is 0 Å². The second-order valence-electron chi connectivity index (χ2n) is 6.69. The van der Waals surface area contributed by atoms with Crippen molar-refractivity contribution in [2.45, 2.75) is 50.5 Å². The second-order valence-corrected chi connectivity index (χ2v) is 6.69. The highest BCUT2D eigenvalue weighted by Crippen LogP contribution is 2.53. The number of hydrogen-bond acceptors (Lipinski definition) is 4. The normalized spacial score (nSPS) is 37.5. The van der Waals surface area contributed by atoms with Gasteiger partial charge in [-0.1, -0.05) is 12.1 Å². The van der Waals surface area contributed by atoms with Crippen LogP contribution in [0.3, 0.4) is 0 Å².